The number of esters is 1. The Morgan fingerprint density at radius 3 is 2.46 bits per heavy atom. The van der Waals surface area contributed by atoms with E-state index >= 15 is 0 Å². The monoisotopic (exact) mass is 186 g/mol. The molecule has 2 nitrogen and oxygen atoms in total. The van der Waals surface area contributed by atoms with Crippen LogP contribution in [0.25, 0.3) is 0 Å². The zero-order valence-electron chi connectivity index (χ0n) is 7.88. The fourth-order valence-electron chi connectivity index (χ4n) is 1.87. The van der Waals surface area contributed by atoms with Crippen molar-refractivity contribution < 1.29 is 13.9 Å². The van der Waals surface area contributed by atoms with Gasteiger partial charge in [0.15, 0.2) is 0 Å². The topological polar surface area (TPSA) is 26.3 Å². The summed E-state index contributed by atoms with van der Waals surface area (Å²) in [4.78, 5) is 11.3. The van der Waals surface area contributed by atoms with Crippen LogP contribution in [-0.2, 0) is 9.53 Å². The number of carbonyl (C=O) groups excluding carboxylic acids is 1. The number of carbonyl (C=O) groups is 1. The number of hydrogen-bond donors (Lipinski definition) is 0. The summed E-state index contributed by atoms with van der Waals surface area (Å²) in [6, 6.07) is 0. The highest BCUT2D eigenvalue weighted by atomic mass is 19.1. The Kier molecular flexibility index (Phi) is 2.05. The molecule has 2 saturated carbocycles. The molecule has 0 amide bonds. The van der Waals surface area contributed by atoms with E-state index in [9.17, 15) is 9.18 Å². The molecule has 2 aliphatic carbocycles. The van der Waals surface area contributed by atoms with Gasteiger partial charge in [0.2, 0.25) is 5.67 Å². The second-order valence-electron chi connectivity index (χ2n) is 4.42. The molecule has 2 rings (SSSR count). The summed E-state index contributed by atoms with van der Waals surface area (Å²) in [5, 5.41) is 0. The predicted octanol–water partition coefficient (Wildman–Crippen LogP) is 2.22. The molecule has 0 spiro atoms. The van der Waals surface area contributed by atoms with E-state index in [2.05, 4.69) is 6.92 Å². The molecule has 0 aliphatic heterocycles. The Morgan fingerprint density at radius 1 is 1.46 bits per heavy atom. The van der Waals surface area contributed by atoms with Crippen molar-refractivity contribution in [2.45, 2.75) is 50.8 Å². The molecule has 0 bridgehead atoms. The van der Waals surface area contributed by atoms with Crippen LogP contribution >= 0.6 is 0 Å². The Balaban J connectivity index is 1.78. The van der Waals surface area contributed by atoms with Crippen molar-refractivity contribution in [2.24, 2.45) is 5.92 Å². The molecule has 0 heterocycles. The Morgan fingerprint density at radius 2 is 2.08 bits per heavy atom. The van der Waals surface area contributed by atoms with Gasteiger partial charge >= 0.3 is 5.97 Å². The van der Waals surface area contributed by atoms with Gasteiger partial charge in [-0.05, 0) is 38.0 Å². The first kappa shape index (κ1) is 8.97. The van der Waals surface area contributed by atoms with E-state index in [1.165, 1.54) is 0 Å². The van der Waals surface area contributed by atoms with E-state index < -0.39 is 11.6 Å². The molecule has 74 valence electrons. The second-order valence-corrected chi connectivity index (χ2v) is 4.42. The number of hydrogen-bond acceptors (Lipinski definition) is 2. The highest BCUT2D eigenvalue weighted by Gasteiger charge is 2.47. The van der Waals surface area contributed by atoms with Gasteiger partial charge in [0.05, 0.1) is 0 Å². The third-order valence-corrected chi connectivity index (χ3v) is 3.12. The van der Waals surface area contributed by atoms with Gasteiger partial charge in [0.1, 0.15) is 6.10 Å². The standard InChI is InChI=1S/C10H15FO2/c1-7-5-8(6-7)13-9(12)10(11)3-2-4-10/h7-8H,2-6H2,1H3. The van der Waals surface area contributed by atoms with Crippen LogP contribution < -0.4 is 0 Å². The molecule has 2 aliphatic rings. The minimum atomic E-state index is -1.63. The lowest BCUT2D eigenvalue weighted by Gasteiger charge is -2.37. The third kappa shape index (κ3) is 1.56. The molecule has 3 heteroatoms. The van der Waals surface area contributed by atoms with E-state index in [1.807, 2.05) is 0 Å². The average molecular weight is 186 g/mol. The molecule has 0 radical (unpaired) electrons. The van der Waals surface area contributed by atoms with Crippen LogP contribution in [0.15, 0.2) is 0 Å². The summed E-state index contributed by atoms with van der Waals surface area (Å²) in [6.45, 7) is 2.11. The molecular weight excluding hydrogens is 171 g/mol. The van der Waals surface area contributed by atoms with Crippen LogP contribution in [-0.4, -0.2) is 17.7 Å². The molecule has 0 aromatic carbocycles. The lowest BCUT2D eigenvalue weighted by Crippen LogP contribution is -2.45. The maximum absolute atomic E-state index is 13.4. The van der Waals surface area contributed by atoms with E-state index in [4.69, 9.17) is 4.74 Å². The highest BCUT2D eigenvalue weighted by Crippen LogP contribution is 2.39. The number of halogens is 1. The maximum atomic E-state index is 13.4. The van der Waals surface area contributed by atoms with Crippen LogP contribution in [0.3, 0.4) is 0 Å². The number of rotatable bonds is 2. The van der Waals surface area contributed by atoms with Crippen molar-refractivity contribution in [1.82, 2.24) is 0 Å². The lowest BCUT2D eigenvalue weighted by atomic mass is 9.81. The molecule has 0 unspecified atom stereocenters. The molecule has 0 aromatic heterocycles. The summed E-state index contributed by atoms with van der Waals surface area (Å²) < 4.78 is 18.5. The van der Waals surface area contributed by atoms with Crippen LogP contribution in [0.5, 0.6) is 0 Å². The largest absolute Gasteiger partial charge is 0.460 e. The van der Waals surface area contributed by atoms with Gasteiger partial charge < -0.3 is 4.74 Å². The van der Waals surface area contributed by atoms with E-state index in [0.29, 0.717) is 18.8 Å². The highest BCUT2D eigenvalue weighted by molar-refractivity contribution is 5.80. The van der Waals surface area contributed by atoms with Crippen LogP contribution in [0.4, 0.5) is 4.39 Å². The summed E-state index contributed by atoms with van der Waals surface area (Å²) >= 11 is 0. The van der Waals surface area contributed by atoms with Crippen LogP contribution in [0.2, 0.25) is 0 Å². The molecule has 0 saturated heterocycles. The molecule has 13 heavy (non-hydrogen) atoms. The van der Waals surface area contributed by atoms with Crippen LogP contribution in [0.1, 0.15) is 39.0 Å². The van der Waals surface area contributed by atoms with Crippen molar-refractivity contribution >= 4 is 5.97 Å². The molecule has 0 N–H and O–H groups in total. The van der Waals surface area contributed by atoms with Crippen molar-refractivity contribution in [1.29, 1.82) is 0 Å². The minimum absolute atomic E-state index is 0.00396. The van der Waals surface area contributed by atoms with Gasteiger partial charge in [-0.1, -0.05) is 6.92 Å². The fraction of sp³-hybridized carbons (Fsp3) is 0.900. The van der Waals surface area contributed by atoms with Crippen LogP contribution in [0, 0.1) is 5.92 Å². The van der Waals surface area contributed by atoms with E-state index in [1.54, 1.807) is 0 Å². The lowest BCUT2D eigenvalue weighted by molar-refractivity contribution is -0.175. The van der Waals surface area contributed by atoms with Gasteiger partial charge in [-0.15, -0.1) is 0 Å². The first-order valence-corrected chi connectivity index (χ1v) is 5.00. The number of ether oxygens (including phenoxy) is 1. The predicted molar refractivity (Wildman–Crippen MR) is 46.0 cm³/mol. The number of alkyl halides is 1. The van der Waals surface area contributed by atoms with E-state index in [-0.39, 0.29) is 6.10 Å². The van der Waals surface area contributed by atoms with Crippen molar-refractivity contribution in [3.05, 3.63) is 0 Å². The molecular formula is C10H15FO2. The Hall–Kier alpha value is -0.600. The quantitative estimate of drug-likeness (QED) is 0.618. The summed E-state index contributed by atoms with van der Waals surface area (Å²) in [7, 11) is 0. The first-order chi connectivity index (χ1) is 6.10. The molecule has 0 atom stereocenters. The van der Waals surface area contributed by atoms with Crippen molar-refractivity contribution in [3.8, 4) is 0 Å². The van der Waals surface area contributed by atoms with Gasteiger partial charge in [-0.2, -0.15) is 0 Å². The second kappa shape index (κ2) is 2.96. The normalized spacial score (nSPS) is 35.8. The van der Waals surface area contributed by atoms with E-state index in [0.717, 1.165) is 19.3 Å². The maximum Gasteiger partial charge on any atom is 0.344 e. The van der Waals surface area contributed by atoms with Crippen molar-refractivity contribution in [2.75, 3.05) is 0 Å². The smallest absolute Gasteiger partial charge is 0.344 e. The summed E-state index contributed by atoms with van der Waals surface area (Å²) in [6.07, 6.45) is 3.33. The zero-order valence-corrected chi connectivity index (χ0v) is 7.88. The minimum Gasteiger partial charge on any atom is -0.460 e. The van der Waals surface area contributed by atoms with Crippen molar-refractivity contribution in [3.63, 3.8) is 0 Å². The summed E-state index contributed by atoms with van der Waals surface area (Å²) in [5.74, 6) is 0.0189. The average Bonchev–Trinajstić information content (AvgIpc) is 1.97. The zero-order chi connectivity index (χ0) is 9.47. The summed E-state index contributed by atoms with van der Waals surface area (Å²) in [5.41, 5.74) is -1.63. The van der Waals surface area contributed by atoms with Gasteiger partial charge in [-0.3, -0.25) is 0 Å². The first-order valence-electron chi connectivity index (χ1n) is 5.00. The van der Waals surface area contributed by atoms with Gasteiger partial charge in [-0.25, -0.2) is 9.18 Å². The van der Waals surface area contributed by atoms with Gasteiger partial charge in [0.25, 0.3) is 0 Å². The third-order valence-electron chi connectivity index (χ3n) is 3.12. The molecule has 2 fully saturated rings. The Bertz CT molecular complexity index is 217. The Labute approximate surface area is 77.5 Å². The fourth-order valence-corrected chi connectivity index (χ4v) is 1.87. The van der Waals surface area contributed by atoms with Gasteiger partial charge in [0, 0.05) is 0 Å². The SMILES string of the molecule is CC1CC(OC(=O)C2(F)CCC2)C1. The molecule has 0 aromatic rings.